The summed E-state index contributed by atoms with van der Waals surface area (Å²) in [5.74, 6) is 2.00. The van der Waals surface area contributed by atoms with Crippen LogP contribution in [0, 0.1) is 0 Å². The van der Waals surface area contributed by atoms with Crippen molar-refractivity contribution in [1.29, 1.82) is 0 Å². The average molecular weight is 335 g/mol. The Morgan fingerprint density at radius 1 is 1.28 bits per heavy atom. The lowest BCUT2D eigenvalue weighted by Gasteiger charge is -2.10. The summed E-state index contributed by atoms with van der Waals surface area (Å²) in [6, 6.07) is 11.5. The van der Waals surface area contributed by atoms with Crippen molar-refractivity contribution in [2.24, 2.45) is 0 Å². The number of carbonyl (C=O) groups excluding carboxylic acids is 1. The third-order valence-corrected chi connectivity index (χ3v) is 4.05. The molecule has 7 heteroatoms. The summed E-state index contributed by atoms with van der Waals surface area (Å²) < 4.78 is 5.68. The van der Waals surface area contributed by atoms with Gasteiger partial charge in [-0.1, -0.05) is 18.2 Å². The second-order valence-corrected chi connectivity index (χ2v) is 5.81. The molecule has 0 saturated carbocycles. The number of carbonyl (C=O) groups is 1. The molecule has 0 fully saturated rings. The third-order valence-electron chi connectivity index (χ3n) is 4.05. The van der Waals surface area contributed by atoms with Gasteiger partial charge in [-0.2, -0.15) is 5.10 Å². The highest BCUT2D eigenvalue weighted by atomic mass is 16.5. The number of benzene rings is 1. The highest BCUT2D eigenvalue weighted by molar-refractivity contribution is 5.82. The van der Waals surface area contributed by atoms with E-state index in [0.717, 1.165) is 22.7 Å². The molecule has 2 N–H and O–H groups in total. The van der Waals surface area contributed by atoms with E-state index in [2.05, 4.69) is 25.5 Å². The zero-order valence-electron chi connectivity index (χ0n) is 13.5. The molecule has 1 aliphatic heterocycles. The van der Waals surface area contributed by atoms with E-state index >= 15 is 0 Å². The number of amides is 1. The first-order valence-electron chi connectivity index (χ1n) is 8.13. The Balaban J connectivity index is 1.29. The molecule has 1 aliphatic rings. The fraction of sp³-hybridized carbons (Fsp3) is 0.222. The van der Waals surface area contributed by atoms with Gasteiger partial charge in [0.2, 0.25) is 0 Å². The molecule has 0 radical (unpaired) electrons. The molecule has 4 rings (SSSR count). The molecular formula is C18H17N5O2. The monoisotopic (exact) mass is 335 g/mol. The van der Waals surface area contributed by atoms with Gasteiger partial charge in [-0.15, -0.1) is 0 Å². The maximum atomic E-state index is 12.2. The summed E-state index contributed by atoms with van der Waals surface area (Å²) in [5, 5.41) is 9.96. The van der Waals surface area contributed by atoms with Crippen molar-refractivity contribution in [2.75, 3.05) is 6.54 Å². The maximum absolute atomic E-state index is 12.2. The van der Waals surface area contributed by atoms with Crippen LogP contribution in [0.25, 0.3) is 11.4 Å². The fourth-order valence-electron chi connectivity index (χ4n) is 2.78. The summed E-state index contributed by atoms with van der Waals surface area (Å²) in [7, 11) is 0. The van der Waals surface area contributed by atoms with Crippen LogP contribution in [0.15, 0.2) is 48.8 Å². The second kappa shape index (κ2) is 6.72. The van der Waals surface area contributed by atoms with Gasteiger partial charge in [0.05, 0.1) is 0 Å². The van der Waals surface area contributed by atoms with Crippen LogP contribution >= 0.6 is 0 Å². The molecule has 2 aromatic heterocycles. The van der Waals surface area contributed by atoms with Crippen molar-refractivity contribution in [3.63, 3.8) is 0 Å². The Morgan fingerprint density at radius 3 is 3.04 bits per heavy atom. The number of aromatic amines is 1. The number of nitrogens with zero attached hydrogens (tertiary/aromatic N) is 3. The van der Waals surface area contributed by atoms with Crippen LogP contribution in [0.5, 0.6) is 5.75 Å². The van der Waals surface area contributed by atoms with E-state index in [4.69, 9.17) is 4.74 Å². The van der Waals surface area contributed by atoms with Crippen LogP contribution in [0.3, 0.4) is 0 Å². The first-order valence-corrected chi connectivity index (χ1v) is 8.13. The second-order valence-electron chi connectivity index (χ2n) is 5.81. The first-order chi connectivity index (χ1) is 12.3. The van der Waals surface area contributed by atoms with E-state index in [9.17, 15) is 4.79 Å². The van der Waals surface area contributed by atoms with Crippen molar-refractivity contribution in [3.8, 4) is 17.1 Å². The van der Waals surface area contributed by atoms with E-state index in [-0.39, 0.29) is 5.91 Å². The molecule has 7 nitrogen and oxygen atoms in total. The molecule has 25 heavy (non-hydrogen) atoms. The summed E-state index contributed by atoms with van der Waals surface area (Å²) in [6.45, 7) is 0.469. The quantitative estimate of drug-likeness (QED) is 0.737. The number of rotatable bonds is 5. The fourth-order valence-corrected chi connectivity index (χ4v) is 2.78. The first kappa shape index (κ1) is 15.3. The van der Waals surface area contributed by atoms with Gasteiger partial charge in [0.25, 0.3) is 5.91 Å². The van der Waals surface area contributed by atoms with Crippen molar-refractivity contribution in [2.45, 2.75) is 18.9 Å². The highest BCUT2D eigenvalue weighted by Crippen LogP contribution is 2.28. The Morgan fingerprint density at radius 2 is 2.20 bits per heavy atom. The van der Waals surface area contributed by atoms with E-state index in [1.807, 2.05) is 36.4 Å². The molecule has 0 spiro atoms. The molecule has 1 aromatic carbocycles. The number of fused-ring (bicyclic) bond motifs is 1. The van der Waals surface area contributed by atoms with Gasteiger partial charge in [-0.05, 0) is 23.8 Å². The normalized spacial score (nSPS) is 15.4. The summed E-state index contributed by atoms with van der Waals surface area (Å²) >= 11 is 0. The average Bonchev–Trinajstić information content (AvgIpc) is 3.29. The third kappa shape index (κ3) is 3.35. The SMILES string of the molecule is O=C(NCCc1nc(-c2cccnc2)n[nH]1)[C@H]1Cc2ccccc2O1. The maximum Gasteiger partial charge on any atom is 0.261 e. The number of para-hydroxylation sites is 1. The van der Waals surface area contributed by atoms with E-state index in [1.165, 1.54) is 0 Å². The summed E-state index contributed by atoms with van der Waals surface area (Å²) in [4.78, 5) is 20.7. The number of H-pyrrole nitrogens is 1. The van der Waals surface area contributed by atoms with Gasteiger partial charge >= 0.3 is 0 Å². The highest BCUT2D eigenvalue weighted by Gasteiger charge is 2.28. The van der Waals surface area contributed by atoms with Gasteiger partial charge in [0, 0.05) is 37.3 Å². The Kier molecular flexibility index (Phi) is 4.12. The van der Waals surface area contributed by atoms with E-state index in [1.54, 1.807) is 12.4 Å². The number of hydrogen-bond acceptors (Lipinski definition) is 5. The van der Waals surface area contributed by atoms with Crippen LogP contribution in [-0.2, 0) is 17.6 Å². The van der Waals surface area contributed by atoms with Gasteiger partial charge in [0.15, 0.2) is 11.9 Å². The Hall–Kier alpha value is -3.22. The lowest BCUT2D eigenvalue weighted by atomic mass is 10.1. The molecule has 3 aromatic rings. The number of hydrogen-bond donors (Lipinski definition) is 2. The topological polar surface area (TPSA) is 92.8 Å². The van der Waals surface area contributed by atoms with Crippen LogP contribution in [0.1, 0.15) is 11.4 Å². The minimum atomic E-state index is -0.460. The smallest absolute Gasteiger partial charge is 0.261 e. The van der Waals surface area contributed by atoms with Crippen molar-refractivity contribution in [1.82, 2.24) is 25.5 Å². The molecule has 3 heterocycles. The molecule has 0 unspecified atom stereocenters. The predicted molar refractivity (Wildman–Crippen MR) is 90.9 cm³/mol. The number of pyridine rings is 1. The molecule has 1 amide bonds. The van der Waals surface area contributed by atoms with E-state index in [0.29, 0.717) is 25.2 Å². The molecule has 0 saturated heterocycles. The zero-order valence-corrected chi connectivity index (χ0v) is 13.5. The van der Waals surface area contributed by atoms with Gasteiger partial charge in [0.1, 0.15) is 11.6 Å². The lowest BCUT2D eigenvalue weighted by molar-refractivity contribution is -0.127. The number of aromatic nitrogens is 4. The van der Waals surface area contributed by atoms with Gasteiger partial charge in [-0.3, -0.25) is 14.9 Å². The molecule has 0 aliphatic carbocycles. The van der Waals surface area contributed by atoms with Crippen molar-refractivity contribution < 1.29 is 9.53 Å². The number of ether oxygens (including phenoxy) is 1. The number of nitrogens with one attached hydrogen (secondary N) is 2. The molecule has 0 bridgehead atoms. The molecule has 1 atom stereocenters. The predicted octanol–water partition coefficient (Wildman–Crippen LogP) is 1.53. The van der Waals surface area contributed by atoms with E-state index < -0.39 is 6.10 Å². The summed E-state index contributed by atoms with van der Waals surface area (Å²) in [6.07, 6.45) is 4.13. The molecule has 126 valence electrons. The van der Waals surface area contributed by atoms with Gasteiger partial charge in [-0.25, -0.2) is 4.98 Å². The minimum Gasteiger partial charge on any atom is -0.480 e. The summed E-state index contributed by atoms with van der Waals surface area (Å²) in [5.41, 5.74) is 1.92. The van der Waals surface area contributed by atoms with Crippen LogP contribution in [0.2, 0.25) is 0 Å². The minimum absolute atomic E-state index is 0.108. The standard InChI is InChI=1S/C18H17N5O2/c24-18(15-10-12-4-1-2-6-14(12)25-15)20-9-7-16-21-17(23-22-16)13-5-3-8-19-11-13/h1-6,8,11,15H,7,9-10H2,(H,20,24)(H,21,22,23)/t15-/m1/s1. The Bertz CT molecular complexity index is 853. The van der Waals surface area contributed by atoms with Crippen molar-refractivity contribution in [3.05, 3.63) is 60.2 Å². The largest absolute Gasteiger partial charge is 0.480 e. The Labute approximate surface area is 144 Å². The van der Waals surface area contributed by atoms with Gasteiger partial charge < -0.3 is 10.1 Å². The van der Waals surface area contributed by atoms with Crippen LogP contribution < -0.4 is 10.1 Å². The van der Waals surface area contributed by atoms with Crippen LogP contribution in [-0.4, -0.2) is 38.7 Å². The lowest BCUT2D eigenvalue weighted by Crippen LogP contribution is -2.38. The van der Waals surface area contributed by atoms with Crippen LogP contribution in [0.4, 0.5) is 0 Å². The zero-order chi connectivity index (χ0) is 17.1. The van der Waals surface area contributed by atoms with Crippen molar-refractivity contribution >= 4 is 5.91 Å². The molecular weight excluding hydrogens is 318 g/mol.